The predicted octanol–water partition coefficient (Wildman–Crippen LogP) is 2.00. The summed E-state index contributed by atoms with van der Waals surface area (Å²) >= 11 is 0. The average molecular weight is 192 g/mol. The van der Waals surface area contributed by atoms with E-state index in [1.807, 2.05) is 13.8 Å². The molecule has 0 bridgehead atoms. The number of fused-ring (bicyclic) bond motifs is 1. The molecule has 0 spiro atoms. The fourth-order valence-corrected chi connectivity index (χ4v) is 1.87. The average Bonchev–Trinajstić information content (AvgIpc) is 2.23. The first-order valence-electron chi connectivity index (χ1n) is 4.89. The van der Waals surface area contributed by atoms with Gasteiger partial charge in [0.1, 0.15) is 12.4 Å². The van der Waals surface area contributed by atoms with Crippen LogP contribution in [0.4, 0.5) is 11.4 Å². The van der Waals surface area contributed by atoms with Gasteiger partial charge in [-0.05, 0) is 31.9 Å². The molecule has 0 amide bonds. The third-order valence-corrected chi connectivity index (χ3v) is 2.96. The summed E-state index contributed by atoms with van der Waals surface area (Å²) in [6.07, 6.45) is 0. The lowest BCUT2D eigenvalue weighted by atomic mass is 9.99. The highest BCUT2D eigenvalue weighted by Crippen LogP contribution is 2.40. The van der Waals surface area contributed by atoms with Gasteiger partial charge in [0, 0.05) is 17.8 Å². The zero-order chi connectivity index (χ0) is 10.3. The molecule has 2 rings (SSSR count). The second-order valence-corrected chi connectivity index (χ2v) is 3.77. The Morgan fingerprint density at radius 2 is 1.86 bits per heavy atom. The van der Waals surface area contributed by atoms with Crippen LogP contribution in [0.3, 0.4) is 0 Å². The fourth-order valence-electron chi connectivity index (χ4n) is 1.87. The van der Waals surface area contributed by atoms with E-state index in [9.17, 15) is 0 Å². The standard InChI is InChI=1S/C11H16N2O/c1-6-7(2)10-11(8(3)9(6)12)14-5-4-13-10/h13H,4-5,12H2,1-3H3. The molecule has 3 N–H and O–H groups in total. The summed E-state index contributed by atoms with van der Waals surface area (Å²) in [4.78, 5) is 0. The van der Waals surface area contributed by atoms with Crippen LogP contribution in [0.15, 0.2) is 0 Å². The highest BCUT2D eigenvalue weighted by molar-refractivity contribution is 5.76. The predicted molar refractivity (Wildman–Crippen MR) is 59.1 cm³/mol. The molecular weight excluding hydrogens is 176 g/mol. The number of nitrogens with two attached hydrogens (primary N) is 1. The molecule has 14 heavy (non-hydrogen) atoms. The summed E-state index contributed by atoms with van der Waals surface area (Å²) in [6.45, 7) is 7.72. The van der Waals surface area contributed by atoms with Crippen LogP contribution in [-0.4, -0.2) is 13.2 Å². The molecule has 1 aromatic carbocycles. The fraction of sp³-hybridized carbons (Fsp3) is 0.455. The van der Waals surface area contributed by atoms with E-state index in [0.29, 0.717) is 0 Å². The van der Waals surface area contributed by atoms with Gasteiger partial charge in [-0.15, -0.1) is 0 Å². The van der Waals surface area contributed by atoms with Crippen molar-refractivity contribution < 1.29 is 4.74 Å². The van der Waals surface area contributed by atoms with Crippen LogP contribution in [0.25, 0.3) is 0 Å². The Bertz CT molecular complexity index is 349. The minimum Gasteiger partial charge on any atom is -0.489 e. The van der Waals surface area contributed by atoms with Crippen LogP contribution >= 0.6 is 0 Å². The number of nitrogens with one attached hydrogen (secondary N) is 1. The van der Waals surface area contributed by atoms with Crippen LogP contribution in [0, 0.1) is 20.8 Å². The highest BCUT2D eigenvalue weighted by Gasteiger charge is 2.19. The quantitative estimate of drug-likeness (QED) is 0.618. The molecule has 1 aliphatic heterocycles. The number of ether oxygens (including phenoxy) is 1. The number of rotatable bonds is 0. The smallest absolute Gasteiger partial charge is 0.147 e. The minimum atomic E-state index is 0.718. The molecular formula is C11H16N2O. The number of nitrogen functional groups attached to an aromatic ring is 1. The molecule has 0 fully saturated rings. The van der Waals surface area contributed by atoms with Crippen LogP contribution < -0.4 is 15.8 Å². The van der Waals surface area contributed by atoms with Crippen LogP contribution in [-0.2, 0) is 0 Å². The SMILES string of the molecule is Cc1c(C)c2c(c(C)c1N)OCCN2. The van der Waals surface area contributed by atoms with Crippen LogP contribution in [0.5, 0.6) is 5.75 Å². The van der Waals surface area contributed by atoms with E-state index in [0.717, 1.165) is 41.4 Å². The molecule has 0 radical (unpaired) electrons. The molecule has 3 heteroatoms. The van der Waals surface area contributed by atoms with Crippen molar-refractivity contribution in [3.8, 4) is 5.75 Å². The van der Waals surface area contributed by atoms with Gasteiger partial charge in [0.2, 0.25) is 0 Å². The summed E-state index contributed by atoms with van der Waals surface area (Å²) in [7, 11) is 0. The second kappa shape index (κ2) is 3.08. The zero-order valence-corrected chi connectivity index (χ0v) is 8.90. The zero-order valence-electron chi connectivity index (χ0n) is 8.90. The summed E-state index contributed by atoms with van der Waals surface area (Å²) in [6, 6.07) is 0. The lowest BCUT2D eigenvalue weighted by Crippen LogP contribution is -2.20. The van der Waals surface area contributed by atoms with Crippen LogP contribution in [0.1, 0.15) is 16.7 Å². The van der Waals surface area contributed by atoms with Gasteiger partial charge in [-0.3, -0.25) is 0 Å². The third kappa shape index (κ3) is 1.12. The Morgan fingerprint density at radius 1 is 1.14 bits per heavy atom. The van der Waals surface area contributed by atoms with E-state index < -0.39 is 0 Å². The molecule has 76 valence electrons. The highest BCUT2D eigenvalue weighted by atomic mass is 16.5. The van der Waals surface area contributed by atoms with E-state index in [-0.39, 0.29) is 0 Å². The maximum absolute atomic E-state index is 6.00. The first-order valence-corrected chi connectivity index (χ1v) is 4.89. The summed E-state index contributed by atoms with van der Waals surface area (Å²) in [5.41, 5.74) is 11.4. The van der Waals surface area contributed by atoms with Gasteiger partial charge in [-0.1, -0.05) is 0 Å². The van der Waals surface area contributed by atoms with Gasteiger partial charge >= 0.3 is 0 Å². The van der Waals surface area contributed by atoms with Crippen molar-refractivity contribution in [2.75, 3.05) is 24.2 Å². The largest absolute Gasteiger partial charge is 0.489 e. The van der Waals surface area contributed by atoms with Crippen LogP contribution in [0.2, 0.25) is 0 Å². The van der Waals surface area contributed by atoms with Crippen molar-refractivity contribution in [1.82, 2.24) is 0 Å². The maximum Gasteiger partial charge on any atom is 0.147 e. The maximum atomic E-state index is 6.00. The summed E-state index contributed by atoms with van der Waals surface area (Å²) in [5, 5.41) is 3.36. The number of anilines is 2. The lowest BCUT2D eigenvalue weighted by molar-refractivity contribution is 0.321. The van der Waals surface area contributed by atoms with Crippen molar-refractivity contribution >= 4 is 11.4 Å². The first kappa shape index (κ1) is 9.19. The van der Waals surface area contributed by atoms with Gasteiger partial charge in [-0.2, -0.15) is 0 Å². The van der Waals surface area contributed by atoms with Crippen molar-refractivity contribution in [2.45, 2.75) is 20.8 Å². The molecule has 1 aliphatic rings. The van der Waals surface area contributed by atoms with E-state index in [1.165, 1.54) is 5.56 Å². The van der Waals surface area contributed by atoms with E-state index in [2.05, 4.69) is 12.2 Å². The number of hydrogen-bond donors (Lipinski definition) is 2. The topological polar surface area (TPSA) is 47.3 Å². The Labute approximate surface area is 84.3 Å². The van der Waals surface area contributed by atoms with Gasteiger partial charge in [0.25, 0.3) is 0 Å². The molecule has 0 aliphatic carbocycles. The Morgan fingerprint density at radius 3 is 2.57 bits per heavy atom. The van der Waals surface area contributed by atoms with E-state index in [1.54, 1.807) is 0 Å². The second-order valence-electron chi connectivity index (χ2n) is 3.77. The van der Waals surface area contributed by atoms with Gasteiger partial charge < -0.3 is 15.8 Å². The Balaban J connectivity index is 2.71. The first-order chi connectivity index (χ1) is 6.63. The third-order valence-electron chi connectivity index (χ3n) is 2.96. The van der Waals surface area contributed by atoms with Crippen molar-refractivity contribution in [3.63, 3.8) is 0 Å². The van der Waals surface area contributed by atoms with Gasteiger partial charge in [0.05, 0.1) is 5.69 Å². The summed E-state index contributed by atoms with van der Waals surface area (Å²) < 4.78 is 5.63. The normalized spacial score (nSPS) is 14.2. The monoisotopic (exact) mass is 192 g/mol. The molecule has 0 saturated carbocycles. The van der Waals surface area contributed by atoms with E-state index >= 15 is 0 Å². The lowest BCUT2D eigenvalue weighted by Gasteiger charge is -2.25. The summed E-state index contributed by atoms with van der Waals surface area (Å²) in [5.74, 6) is 0.928. The molecule has 0 unspecified atom stereocenters. The number of hydrogen-bond acceptors (Lipinski definition) is 3. The Hall–Kier alpha value is -1.38. The van der Waals surface area contributed by atoms with Gasteiger partial charge in [-0.25, -0.2) is 0 Å². The van der Waals surface area contributed by atoms with Gasteiger partial charge in [0.15, 0.2) is 0 Å². The van der Waals surface area contributed by atoms with Crippen molar-refractivity contribution in [1.29, 1.82) is 0 Å². The molecule has 0 atom stereocenters. The molecule has 0 aromatic heterocycles. The molecule has 0 saturated heterocycles. The number of benzene rings is 1. The van der Waals surface area contributed by atoms with E-state index in [4.69, 9.17) is 10.5 Å². The van der Waals surface area contributed by atoms with Crippen molar-refractivity contribution in [3.05, 3.63) is 16.7 Å². The molecule has 1 heterocycles. The molecule has 3 nitrogen and oxygen atoms in total. The minimum absolute atomic E-state index is 0.718. The molecule has 1 aromatic rings. The van der Waals surface area contributed by atoms with Crippen molar-refractivity contribution in [2.24, 2.45) is 0 Å². The Kier molecular flexibility index (Phi) is 2.02.